The molecule has 0 aliphatic carbocycles. The van der Waals surface area contributed by atoms with Crippen LogP contribution in [0.15, 0.2) is 60.8 Å². The highest BCUT2D eigenvalue weighted by molar-refractivity contribution is 7.99. The first kappa shape index (κ1) is 22.1. The summed E-state index contributed by atoms with van der Waals surface area (Å²) in [6.07, 6.45) is 1.54. The molecule has 0 spiro atoms. The van der Waals surface area contributed by atoms with Gasteiger partial charge in [-0.05, 0) is 67.3 Å². The second kappa shape index (κ2) is 9.47. The van der Waals surface area contributed by atoms with Gasteiger partial charge in [-0.2, -0.15) is 0 Å². The van der Waals surface area contributed by atoms with Crippen molar-refractivity contribution in [3.8, 4) is 0 Å². The molecule has 0 bridgehead atoms. The quantitative estimate of drug-likeness (QED) is 0.412. The zero-order chi connectivity index (χ0) is 21.7. The van der Waals surface area contributed by atoms with E-state index in [-0.39, 0.29) is 10.9 Å². The standard InChI is InChI=1S/C22H21ClFN3O2S/c1-22(2,29)16-5-3-14(4-6-16)13-30-27-20-11-15(9-10-25-20)21(28)26-17-7-8-19(24)18(23)12-17/h3-12,29H,13H2,1-2H3,(H,25,27)(H,26,28). The first-order valence-electron chi connectivity index (χ1n) is 9.14. The van der Waals surface area contributed by atoms with Gasteiger partial charge in [0.05, 0.1) is 10.6 Å². The van der Waals surface area contributed by atoms with E-state index in [2.05, 4.69) is 15.0 Å². The van der Waals surface area contributed by atoms with Crippen molar-refractivity contribution in [2.45, 2.75) is 25.2 Å². The second-order valence-electron chi connectivity index (χ2n) is 7.16. The molecular formula is C22H21ClFN3O2S. The number of benzene rings is 2. The summed E-state index contributed by atoms with van der Waals surface area (Å²) >= 11 is 7.18. The van der Waals surface area contributed by atoms with Crippen molar-refractivity contribution in [1.82, 2.24) is 4.98 Å². The number of aromatic nitrogens is 1. The molecule has 3 rings (SSSR count). The van der Waals surface area contributed by atoms with Crippen LogP contribution in [0, 0.1) is 5.82 Å². The Bertz CT molecular complexity index is 1040. The highest BCUT2D eigenvalue weighted by Crippen LogP contribution is 2.23. The Morgan fingerprint density at radius 1 is 1.17 bits per heavy atom. The number of pyridine rings is 1. The zero-order valence-electron chi connectivity index (χ0n) is 16.4. The van der Waals surface area contributed by atoms with Gasteiger partial charge in [-0.25, -0.2) is 9.37 Å². The number of hydrogen-bond donors (Lipinski definition) is 3. The van der Waals surface area contributed by atoms with Gasteiger partial charge in [0.25, 0.3) is 5.91 Å². The Labute approximate surface area is 183 Å². The van der Waals surface area contributed by atoms with Crippen molar-refractivity contribution in [2.24, 2.45) is 0 Å². The summed E-state index contributed by atoms with van der Waals surface area (Å²) in [6, 6.07) is 15.0. The summed E-state index contributed by atoms with van der Waals surface area (Å²) < 4.78 is 16.4. The minimum absolute atomic E-state index is 0.0585. The second-order valence-corrected chi connectivity index (χ2v) is 8.35. The number of aliphatic hydroxyl groups is 1. The Hall–Kier alpha value is -2.61. The summed E-state index contributed by atoms with van der Waals surface area (Å²) in [6.45, 7) is 3.50. The molecule has 3 aromatic rings. The van der Waals surface area contributed by atoms with Crippen LogP contribution in [0.2, 0.25) is 5.02 Å². The number of nitrogens with one attached hydrogen (secondary N) is 2. The van der Waals surface area contributed by atoms with Crippen LogP contribution in [0.1, 0.15) is 35.3 Å². The third kappa shape index (κ3) is 5.95. The van der Waals surface area contributed by atoms with E-state index in [9.17, 15) is 14.3 Å². The Balaban J connectivity index is 1.57. The lowest BCUT2D eigenvalue weighted by atomic mass is 9.98. The first-order chi connectivity index (χ1) is 14.2. The molecule has 0 aliphatic heterocycles. The van der Waals surface area contributed by atoms with Crippen LogP contribution in [-0.2, 0) is 11.4 Å². The fourth-order valence-corrected chi connectivity index (χ4v) is 3.48. The fourth-order valence-electron chi connectivity index (χ4n) is 2.61. The molecule has 0 saturated heterocycles. The number of anilines is 2. The normalized spacial score (nSPS) is 11.2. The van der Waals surface area contributed by atoms with Gasteiger partial charge in [0.1, 0.15) is 11.6 Å². The molecule has 1 heterocycles. The lowest BCUT2D eigenvalue weighted by Gasteiger charge is -2.17. The number of halogens is 2. The minimum Gasteiger partial charge on any atom is -0.386 e. The molecule has 1 aromatic heterocycles. The minimum atomic E-state index is -0.867. The van der Waals surface area contributed by atoms with Crippen LogP contribution in [0.25, 0.3) is 0 Å². The van der Waals surface area contributed by atoms with Gasteiger partial charge >= 0.3 is 0 Å². The summed E-state index contributed by atoms with van der Waals surface area (Å²) in [5, 5.41) is 12.6. The van der Waals surface area contributed by atoms with Crippen molar-refractivity contribution >= 4 is 41.0 Å². The molecule has 0 radical (unpaired) electrons. The molecule has 0 atom stereocenters. The number of nitrogens with zero attached hydrogens (tertiary/aromatic N) is 1. The van der Waals surface area contributed by atoms with Crippen LogP contribution in [0.5, 0.6) is 0 Å². The van der Waals surface area contributed by atoms with E-state index in [0.717, 1.165) is 11.1 Å². The van der Waals surface area contributed by atoms with E-state index in [1.54, 1.807) is 26.0 Å². The lowest BCUT2D eigenvalue weighted by molar-refractivity contribution is 0.0786. The number of amides is 1. The van der Waals surface area contributed by atoms with Crippen LogP contribution in [-0.4, -0.2) is 16.0 Å². The largest absolute Gasteiger partial charge is 0.386 e. The summed E-state index contributed by atoms with van der Waals surface area (Å²) in [5.41, 5.74) is 1.88. The highest BCUT2D eigenvalue weighted by Gasteiger charge is 2.15. The summed E-state index contributed by atoms with van der Waals surface area (Å²) in [4.78, 5) is 16.7. The molecule has 30 heavy (non-hydrogen) atoms. The van der Waals surface area contributed by atoms with Gasteiger partial charge in [0.2, 0.25) is 0 Å². The fraction of sp³-hybridized carbons (Fsp3) is 0.182. The van der Waals surface area contributed by atoms with E-state index in [1.807, 2.05) is 24.3 Å². The molecular weight excluding hydrogens is 425 g/mol. The smallest absolute Gasteiger partial charge is 0.255 e. The van der Waals surface area contributed by atoms with Crippen LogP contribution in [0.4, 0.5) is 15.9 Å². The van der Waals surface area contributed by atoms with Crippen LogP contribution < -0.4 is 10.0 Å². The SMILES string of the molecule is CC(C)(O)c1ccc(CSNc2cc(C(=O)Nc3ccc(F)c(Cl)c3)ccn2)cc1. The number of carbonyl (C=O) groups is 1. The third-order valence-corrected chi connectivity index (χ3v) is 5.40. The molecule has 156 valence electrons. The van der Waals surface area contributed by atoms with Gasteiger partial charge < -0.3 is 15.1 Å². The Morgan fingerprint density at radius 3 is 2.57 bits per heavy atom. The molecule has 3 N–H and O–H groups in total. The third-order valence-electron chi connectivity index (χ3n) is 4.28. The van der Waals surface area contributed by atoms with Crippen molar-refractivity contribution in [1.29, 1.82) is 0 Å². The molecule has 2 aromatic carbocycles. The predicted octanol–water partition coefficient (Wildman–Crippen LogP) is 5.61. The Morgan fingerprint density at radius 2 is 1.90 bits per heavy atom. The summed E-state index contributed by atoms with van der Waals surface area (Å²) in [5.74, 6) is 0.322. The van der Waals surface area contributed by atoms with E-state index in [1.165, 1.54) is 36.3 Å². The predicted molar refractivity (Wildman–Crippen MR) is 120 cm³/mol. The molecule has 0 aliphatic rings. The van der Waals surface area contributed by atoms with E-state index in [0.29, 0.717) is 22.8 Å². The van der Waals surface area contributed by atoms with Gasteiger partial charge in [-0.3, -0.25) is 4.79 Å². The zero-order valence-corrected chi connectivity index (χ0v) is 18.0. The van der Waals surface area contributed by atoms with Crippen LogP contribution in [0.3, 0.4) is 0 Å². The Kier molecular flexibility index (Phi) is 6.97. The number of rotatable bonds is 7. The van der Waals surface area contributed by atoms with Gasteiger partial charge in [-0.15, -0.1) is 0 Å². The van der Waals surface area contributed by atoms with Crippen molar-refractivity contribution in [3.05, 3.63) is 88.3 Å². The number of hydrogen-bond acceptors (Lipinski definition) is 5. The average Bonchev–Trinajstić information content (AvgIpc) is 2.71. The number of carbonyl (C=O) groups excluding carboxylic acids is 1. The molecule has 5 nitrogen and oxygen atoms in total. The van der Waals surface area contributed by atoms with Crippen molar-refractivity contribution in [2.75, 3.05) is 10.0 Å². The maximum Gasteiger partial charge on any atom is 0.255 e. The molecule has 0 unspecified atom stereocenters. The first-order valence-corrected chi connectivity index (χ1v) is 10.5. The molecule has 1 amide bonds. The van der Waals surface area contributed by atoms with Gasteiger partial charge in [0.15, 0.2) is 0 Å². The highest BCUT2D eigenvalue weighted by atomic mass is 35.5. The maximum atomic E-state index is 13.3. The maximum absolute atomic E-state index is 13.3. The average molecular weight is 446 g/mol. The van der Waals surface area contributed by atoms with E-state index < -0.39 is 11.4 Å². The lowest BCUT2D eigenvalue weighted by Crippen LogP contribution is -2.15. The molecule has 0 saturated carbocycles. The summed E-state index contributed by atoms with van der Waals surface area (Å²) in [7, 11) is 0. The monoisotopic (exact) mass is 445 g/mol. The van der Waals surface area contributed by atoms with Crippen molar-refractivity contribution in [3.63, 3.8) is 0 Å². The van der Waals surface area contributed by atoms with E-state index >= 15 is 0 Å². The van der Waals surface area contributed by atoms with Gasteiger partial charge in [0, 0.05) is 23.2 Å². The van der Waals surface area contributed by atoms with Crippen molar-refractivity contribution < 1.29 is 14.3 Å². The topological polar surface area (TPSA) is 74.2 Å². The molecule has 8 heteroatoms. The molecule has 0 fully saturated rings. The van der Waals surface area contributed by atoms with Crippen LogP contribution >= 0.6 is 23.5 Å². The van der Waals surface area contributed by atoms with E-state index in [4.69, 9.17) is 11.6 Å². The van der Waals surface area contributed by atoms with Gasteiger partial charge in [-0.1, -0.05) is 35.9 Å².